The highest BCUT2D eigenvalue weighted by molar-refractivity contribution is 5.14. The molecule has 0 aliphatic carbocycles. The first-order chi connectivity index (χ1) is 6.15. The Morgan fingerprint density at radius 1 is 1.38 bits per heavy atom. The molecule has 2 nitrogen and oxygen atoms in total. The van der Waals surface area contributed by atoms with Crippen molar-refractivity contribution in [1.82, 2.24) is 10.2 Å². The average molecular weight is 182 g/mol. The van der Waals surface area contributed by atoms with E-state index < -0.39 is 0 Å². The van der Waals surface area contributed by atoms with E-state index in [1.807, 2.05) is 7.05 Å². The minimum atomic E-state index is 0.529. The fraction of sp³-hybridized carbons (Fsp3) is 0.818. The molecule has 0 fully saturated rings. The van der Waals surface area contributed by atoms with Crippen molar-refractivity contribution >= 4 is 0 Å². The number of rotatable bonds is 3. The quantitative estimate of drug-likeness (QED) is 0.667. The van der Waals surface area contributed by atoms with Gasteiger partial charge in [-0.25, -0.2) is 0 Å². The first kappa shape index (κ1) is 10.7. The fourth-order valence-corrected chi connectivity index (χ4v) is 1.73. The molecular formula is C11H22N2. The summed E-state index contributed by atoms with van der Waals surface area (Å²) in [5.41, 5.74) is 1.54. The van der Waals surface area contributed by atoms with Crippen molar-refractivity contribution < 1.29 is 0 Å². The summed E-state index contributed by atoms with van der Waals surface area (Å²) in [6.07, 6.45) is 3.60. The van der Waals surface area contributed by atoms with Gasteiger partial charge in [-0.05, 0) is 39.8 Å². The molecule has 0 aromatic heterocycles. The molecule has 13 heavy (non-hydrogen) atoms. The van der Waals surface area contributed by atoms with Crippen LogP contribution in [0.25, 0.3) is 0 Å². The Morgan fingerprint density at radius 3 is 2.62 bits per heavy atom. The summed E-state index contributed by atoms with van der Waals surface area (Å²) in [5.74, 6) is 0. The molecule has 0 amide bonds. The Kier molecular flexibility index (Phi) is 3.94. The Labute approximate surface area is 82.0 Å². The number of nitrogens with one attached hydrogen (secondary N) is 1. The Balaban J connectivity index is 2.54. The van der Waals surface area contributed by atoms with Gasteiger partial charge in [0.1, 0.15) is 0 Å². The summed E-state index contributed by atoms with van der Waals surface area (Å²) in [7, 11) is 2.03. The first-order valence-electron chi connectivity index (χ1n) is 5.25. The number of nitrogens with zero attached hydrogens (tertiary/aromatic N) is 1. The van der Waals surface area contributed by atoms with E-state index in [1.165, 1.54) is 13.0 Å². The van der Waals surface area contributed by atoms with E-state index in [4.69, 9.17) is 0 Å². The fourth-order valence-electron chi connectivity index (χ4n) is 1.73. The van der Waals surface area contributed by atoms with Crippen LogP contribution in [-0.4, -0.2) is 37.1 Å². The van der Waals surface area contributed by atoms with Crippen LogP contribution in [0.2, 0.25) is 0 Å². The normalized spacial score (nSPS) is 21.8. The van der Waals surface area contributed by atoms with E-state index in [-0.39, 0.29) is 0 Å². The van der Waals surface area contributed by atoms with Crippen LogP contribution in [0.3, 0.4) is 0 Å². The SMILES string of the molecule is CNC(C)C1=CCCN(C(C)C)C1. The van der Waals surface area contributed by atoms with E-state index >= 15 is 0 Å². The van der Waals surface area contributed by atoms with Crippen LogP contribution in [0.4, 0.5) is 0 Å². The highest BCUT2D eigenvalue weighted by Gasteiger charge is 2.17. The summed E-state index contributed by atoms with van der Waals surface area (Å²) in [6.45, 7) is 9.13. The lowest BCUT2D eigenvalue weighted by Gasteiger charge is -2.32. The van der Waals surface area contributed by atoms with Gasteiger partial charge in [-0.1, -0.05) is 6.08 Å². The molecule has 2 heteroatoms. The molecule has 76 valence electrons. The van der Waals surface area contributed by atoms with Crippen LogP contribution in [0.5, 0.6) is 0 Å². The molecule has 0 spiro atoms. The zero-order chi connectivity index (χ0) is 9.84. The summed E-state index contributed by atoms with van der Waals surface area (Å²) in [6, 6.07) is 1.20. The maximum absolute atomic E-state index is 3.30. The predicted molar refractivity (Wildman–Crippen MR) is 57.9 cm³/mol. The van der Waals surface area contributed by atoms with Crippen molar-refractivity contribution in [3.05, 3.63) is 11.6 Å². The zero-order valence-corrected chi connectivity index (χ0v) is 9.30. The van der Waals surface area contributed by atoms with Crippen molar-refractivity contribution in [2.24, 2.45) is 0 Å². The van der Waals surface area contributed by atoms with Crippen LogP contribution in [0.15, 0.2) is 11.6 Å². The van der Waals surface area contributed by atoms with Crippen LogP contribution in [0, 0.1) is 0 Å². The van der Waals surface area contributed by atoms with E-state index in [0.29, 0.717) is 12.1 Å². The molecule has 0 aromatic carbocycles. The third-order valence-electron chi connectivity index (χ3n) is 2.93. The monoisotopic (exact) mass is 182 g/mol. The van der Waals surface area contributed by atoms with Gasteiger partial charge >= 0.3 is 0 Å². The van der Waals surface area contributed by atoms with E-state index in [1.54, 1.807) is 5.57 Å². The summed E-state index contributed by atoms with van der Waals surface area (Å²) in [5, 5.41) is 3.30. The second-order valence-corrected chi connectivity index (χ2v) is 4.14. The second kappa shape index (κ2) is 4.77. The predicted octanol–water partition coefficient (Wildman–Crippen LogP) is 1.63. The second-order valence-electron chi connectivity index (χ2n) is 4.14. The van der Waals surface area contributed by atoms with Crippen molar-refractivity contribution in [3.8, 4) is 0 Å². The van der Waals surface area contributed by atoms with Gasteiger partial charge in [0.25, 0.3) is 0 Å². The summed E-state index contributed by atoms with van der Waals surface area (Å²) < 4.78 is 0. The van der Waals surface area contributed by atoms with Crippen molar-refractivity contribution in [3.63, 3.8) is 0 Å². The molecule has 1 atom stereocenters. The number of hydrogen-bond acceptors (Lipinski definition) is 2. The molecule has 1 rings (SSSR count). The topological polar surface area (TPSA) is 15.3 Å². The van der Waals surface area contributed by atoms with Crippen LogP contribution in [-0.2, 0) is 0 Å². The molecule has 1 N–H and O–H groups in total. The van der Waals surface area contributed by atoms with Crippen molar-refractivity contribution in [2.75, 3.05) is 20.1 Å². The van der Waals surface area contributed by atoms with E-state index in [0.717, 1.165) is 6.54 Å². The maximum Gasteiger partial charge on any atom is 0.0260 e. The third kappa shape index (κ3) is 2.82. The van der Waals surface area contributed by atoms with Gasteiger partial charge < -0.3 is 5.32 Å². The molecule has 0 bridgehead atoms. The lowest BCUT2D eigenvalue weighted by Crippen LogP contribution is -2.40. The molecule has 1 unspecified atom stereocenters. The molecule has 0 saturated heterocycles. The first-order valence-corrected chi connectivity index (χ1v) is 5.25. The number of hydrogen-bond donors (Lipinski definition) is 1. The molecule has 0 aromatic rings. The average Bonchev–Trinajstić information content (AvgIpc) is 2.17. The Morgan fingerprint density at radius 2 is 2.08 bits per heavy atom. The van der Waals surface area contributed by atoms with Crippen molar-refractivity contribution in [2.45, 2.75) is 39.3 Å². The minimum Gasteiger partial charge on any atom is -0.313 e. The van der Waals surface area contributed by atoms with Gasteiger partial charge in [-0.15, -0.1) is 0 Å². The van der Waals surface area contributed by atoms with Gasteiger partial charge in [-0.3, -0.25) is 4.90 Å². The van der Waals surface area contributed by atoms with Crippen LogP contribution < -0.4 is 5.32 Å². The van der Waals surface area contributed by atoms with Gasteiger partial charge in [0.15, 0.2) is 0 Å². The molecular weight excluding hydrogens is 160 g/mol. The third-order valence-corrected chi connectivity index (χ3v) is 2.93. The zero-order valence-electron chi connectivity index (χ0n) is 9.30. The van der Waals surface area contributed by atoms with Gasteiger partial charge in [0, 0.05) is 25.2 Å². The standard InChI is InChI=1S/C11H22N2/c1-9(2)13-7-5-6-11(8-13)10(3)12-4/h6,9-10,12H,5,7-8H2,1-4H3. The van der Waals surface area contributed by atoms with Gasteiger partial charge in [0.2, 0.25) is 0 Å². The largest absolute Gasteiger partial charge is 0.313 e. The Bertz CT molecular complexity index is 185. The molecule has 0 radical (unpaired) electrons. The minimum absolute atomic E-state index is 0.529. The summed E-state index contributed by atoms with van der Waals surface area (Å²) in [4.78, 5) is 2.53. The lowest BCUT2D eigenvalue weighted by atomic mass is 10.0. The van der Waals surface area contributed by atoms with Crippen LogP contribution in [0.1, 0.15) is 27.2 Å². The number of likely N-dealkylation sites (N-methyl/N-ethyl adjacent to an activating group) is 1. The Hall–Kier alpha value is -0.340. The van der Waals surface area contributed by atoms with Gasteiger partial charge in [0.05, 0.1) is 0 Å². The van der Waals surface area contributed by atoms with Crippen LogP contribution >= 0.6 is 0 Å². The summed E-state index contributed by atoms with van der Waals surface area (Å²) >= 11 is 0. The van der Waals surface area contributed by atoms with E-state index in [9.17, 15) is 0 Å². The van der Waals surface area contributed by atoms with Gasteiger partial charge in [-0.2, -0.15) is 0 Å². The highest BCUT2D eigenvalue weighted by atomic mass is 15.1. The van der Waals surface area contributed by atoms with E-state index in [2.05, 4.69) is 37.1 Å². The smallest absolute Gasteiger partial charge is 0.0260 e. The molecule has 1 heterocycles. The molecule has 0 saturated carbocycles. The highest BCUT2D eigenvalue weighted by Crippen LogP contribution is 2.14. The van der Waals surface area contributed by atoms with Crippen molar-refractivity contribution in [1.29, 1.82) is 0 Å². The lowest BCUT2D eigenvalue weighted by molar-refractivity contribution is 0.230. The molecule has 1 aliphatic rings. The maximum atomic E-state index is 3.30. The molecule has 1 aliphatic heterocycles.